The number of esters is 1. The molecule has 1 atom stereocenters. The summed E-state index contributed by atoms with van der Waals surface area (Å²) >= 11 is 3.44. The van der Waals surface area contributed by atoms with E-state index >= 15 is 0 Å². The summed E-state index contributed by atoms with van der Waals surface area (Å²) in [6.45, 7) is 0.556. The molecule has 1 aliphatic rings. The number of ether oxygens (including phenoxy) is 1. The van der Waals surface area contributed by atoms with Crippen LogP contribution in [0.15, 0.2) is 30.3 Å². The molecule has 80 valence electrons. The molecular weight excluding hydrogens is 256 g/mol. The van der Waals surface area contributed by atoms with Crippen molar-refractivity contribution < 1.29 is 9.53 Å². The van der Waals surface area contributed by atoms with Crippen molar-refractivity contribution in [2.24, 2.45) is 0 Å². The zero-order chi connectivity index (χ0) is 10.7. The van der Waals surface area contributed by atoms with Crippen molar-refractivity contribution in [1.29, 1.82) is 0 Å². The van der Waals surface area contributed by atoms with Crippen molar-refractivity contribution in [3.05, 3.63) is 35.9 Å². The molecule has 1 aromatic carbocycles. The topological polar surface area (TPSA) is 26.3 Å². The minimum absolute atomic E-state index is 0.100. The average Bonchev–Trinajstić information content (AvgIpc) is 2.31. The first-order valence-electron chi connectivity index (χ1n) is 5.08. The van der Waals surface area contributed by atoms with Gasteiger partial charge in [-0.25, -0.2) is 0 Å². The number of cyclic esters (lactones) is 1. The normalized spacial score (nSPS) is 26.1. The summed E-state index contributed by atoms with van der Waals surface area (Å²) in [5, 5.41) is 0.628. The molecule has 1 aliphatic heterocycles. The maximum Gasteiger partial charge on any atom is 0.317 e. The van der Waals surface area contributed by atoms with Gasteiger partial charge in [-0.1, -0.05) is 46.3 Å². The van der Waals surface area contributed by atoms with Gasteiger partial charge in [0.15, 0.2) is 0 Å². The lowest BCUT2D eigenvalue weighted by atomic mass is 9.77. The Morgan fingerprint density at radius 3 is 2.67 bits per heavy atom. The maximum atomic E-state index is 11.9. The molecule has 15 heavy (non-hydrogen) atoms. The van der Waals surface area contributed by atoms with E-state index in [0.29, 0.717) is 11.9 Å². The number of hydrogen-bond acceptors (Lipinski definition) is 2. The summed E-state index contributed by atoms with van der Waals surface area (Å²) in [6, 6.07) is 9.87. The van der Waals surface area contributed by atoms with Crippen LogP contribution >= 0.6 is 15.9 Å². The Morgan fingerprint density at radius 2 is 2.07 bits per heavy atom. The van der Waals surface area contributed by atoms with Gasteiger partial charge in [-0.2, -0.15) is 0 Å². The quantitative estimate of drug-likeness (QED) is 0.609. The van der Waals surface area contributed by atoms with Crippen LogP contribution in [0.4, 0.5) is 0 Å². The van der Waals surface area contributed by atoms with Gasteiger partial charge >= 0.3 is 5.97 Å². The molecule has 2 rings (SSSR count). The van der Waals surface area contributed by atoms with Crippen LogP contribution in [-0.2, 0) is 14.9 Å². The van der Waals surface area contributed by atoms with Crippen LogP contribution in [0.25, 0.3) is 0 Å². The van der Waals surface area contributed by atoms with Gasteiger partial charge in [-0.3, -0.25) is 4.79 Å². The van der Waals surface area contributed by atoms with Crippen molar-refractivity contribution in [3.63, 3.8) is 0 Å². The lowest BCUT2D eigenvalue weighted by molar-refractivity contribution is -0.154. The van der Waals surface area contributed by atoms with E-state index in [9.17, 15) is 4.79 Å². The van der Waals surface area contributed by atoms with Crippen LogP contribution < -0.4 is 0 Å². The monoisotopic (exact) mass is 268 g/mol. The molecule has 0 spiro atoms. The first kappa shape index (κ1) is 10.7. The highest BCUT2D eigenvalue weighted by molar-refractivity contribution is 9.09. The largest absolute Gasteiger partial charge is 0.465 e. The summed E-state index contributed by atoms with van der Waals surface area (Å²) in [6.07, 6.45) is 1.80. The fourth-order valence-corrected chi connectivity index (χ4v) is 2.83. The molecule has 1 saturated heterocycles. The maximum absolute atomic E-state index is 11.9. The summed E-state index contributed by atoms with van der Waals surface area (Å²) in [4.78, 5) is 11.9. The Balaban J connectivity index is 2.40. The van der Waals surface area contributed by atoms with E-state index in [1.165, 1.54) is 0 Å². The Morgan fingerprint density at radius 1 is 1.33 bits per heavy atom. The Labute approximate surface area is 97.8 Å². The molecule has 1 aromatic rings. The van der Waals surface area contributed by atoms with E-state index < -0.39 is 5.41 Å². The van der Waals surface area contributed by atoms with Crippen molar-refractivity contribution in [2.45, 2.75) is 18.3 Å². The minimum Gasteiger partial charge on any atom is -0.465 e. The van der Waals surface area contributed by atoms with Gasteiger partial charge in [0.25, 0.3) is 0 Å². The summed E-state index contributed by atoms with van der Waals surface area (Å²) in [7, 11) is 0. The minimum atomic E-state index is -0.473. The predicted molar refractivity (Wildman–Crippen MR) is 62.1 cm³/mol. The SMILES string of the molecule is O=C1OCCC[C@@]1(CBr)c1ccccc1. The highest BCUT2D eigenvalue weighted by Crippen LogP contribution is 2.35. The second kappa shape index (κ2) is 4.35. The van der Waals surface area contributed by atoms with Crippen LogP contribution in [0.3, 0.4) is 0 Å². The predicted octanol–water partition coefficient (Wildman–Crippen LogP) is 2.66. The van der Waals surface area contributed by atoms with Crippen molar-refractivity contribution in [1.82, 2.24) is 0 Å². The first-order chi connectivity index (χ1) is 7.29. The number of halogens is 1. The van der Waals surface area contributed by atoms with Gasteiger partial charge in [0.1, 0.15) is 5.41 Å². The molecule has 3 heteroatoms. The number of rotatable bonds is 2. The van der Waals surface area contributed by atoms with E-state index in [0.717, 1.165) is 18.4 Å². The van der Waals surface area contributed by atoms with Crippen LogP contribution in [0.5, 0.6) is 0 Å². The van der Waals surface area contributed by atoms with E-state index in [1.54, 1.807) is 0 Å². The lowest BCUT2D eigenvalue weighted by Gasteiger charge is -2.33. The van der Waals surface area contributed by atoms with Gasteiger partial charge in [-0.05, 0) is 18.4 Å². The fourth-order valence-electron chi connectivity index (χ4n) is 2.00. The second-order valence-electron chi connectivity index (χ2n) is 3.82. The lowest BCUT2D eigenvalue weighted by Crippen LogP contribution is -2.42. The number of alkyl halides is 1. The molecular formula is C12H13BrO2. The molecule has 2 nitrogen and oxygen atoms in total. The number of benzene rings is 1. The van der Waals surface area contributed by atoms with Crippen molar-refractivity contribution in [3.8, 4) is 0 Å². The first-order valence-corrected chi connectivity index (χ1v) is 6.20. The summed E-state index contributed by atoms with van der Waals surface area (Å²) in [5.74, 6) is -0.100. The molecule has 0 bridgehead atoms. The summed E-state index contributed by atoms with van der Waals surface area (Å²) in [5.41, 5.74) is 0.575. The highest BCUT2D eigenvalue weighted by atomic mass is 79.9. The number of carbonyl (C=O) groups excluding carboxylic acids is 1. The fraction of sp³-hybridized carbons (Fsp3) is 0.417. The third-order valence-electron chi connectivity index (χ3n) is 2.93. The second-order valence-corrected chi connectivity index (χ2v) is 4.38. The van der Waals surface area contributed by atoms with Crippen LogP contribution in [0.1, 0.15) is 18.4 Å². The zero-order valence-corrected chi connectivity index (χ0v) is 10.00. The molecule has 0 aromatic heterocycles. The van der Waals surface area contributed by atoms with Crippen LogP contribution in [0, 0.1) is 0 Å². The molecule has 0 saturated carbocycles. The molecule has 0 aliphatic carbocycles. The molecule has 0 amide bonds. The van der Waals surface area contributed by atoms with E-state index in [-0.39, 0.29) is 5.97 Å². The molecule has 0 unspecified atom stereocenters. The third-order valence-corrected chi connectivity index (χ3v) is 3.88. The zero-order valence-electron chi connectivity index (χ0n) is 8.41. The Hall–Kier alpha value is -0.830. The standard InChI is InChI=1S/C12H13BrO2/c13-9-12(7-4-8-15-11(12)14)10-5-2-1-3-6-10/h1-3,5-6H,4,7-9H2/t12-/m1/s1. The van der Waals surface area contributed by atoms with Gasteiger partial charge in [0, 0.05) is 5.33 Å². The van der Waals surface area contributed by atoms with Gasteiger partial charge in [0.05, 0.1) is 6.61 Å². The van der Waals surface area contributed by atoms with Gasteiger partial charge in [-0.15, -0.1) is 0 Å². The van der Waals surface area contributed by atoms with Crippen molar-refractivity contribution in [2.75, 3.05) is 11.9 Å². The van der Waals surface area contributed by atoms with Crippen LogP contribution in [0.2, 0.25) is 0 Å². The molecule has 0 N–H and O–H groups in total. The highest BCUT2D eigenvalue weighted by Gasteiger charge is 2.42. The van der Waals surface area contributed by atoms with Gasteiger partial charge in [0.2, 0.25) is 0 Å². The van der Waals surface area contributed by atoms with E-state index in [2.05, 4.69) is 15.9 Å². The van der Waals surface area contributed by atoms with Gasteiger partial charge < -0.3 is 4.74 Å². The Kier molecular flexibility index (Phi) is 3.10. The van der Waals surface area contributed by atoms with Crippen LogP contribution in [-0.4, -0.2) is 17.9 Å². The van der Waals surface area contributed by atoms with E-state index in [1.807, 2.05) is 30.3 Å². The molecule has 1 heterocycles. The number of carbonyl (C=O) groups is 1. The third kappa shape index (κ3) is 1.81. The Bertz CT molecular complexity index is 350. The van der Waals surface area contributed by atoms with Crippen molar-refractivity contribution >= 4 is 21.9 Å². The average molecular weight is 269 g/mol. The molecule has 0 radical (unpaired) electrons. The smallest absolute Gasteiger partial charge is 0.317 e. The number of hydrogen-bond donors (Lipinski definition) is 0. The summed E-state index contributed by atoms with van der Waals surface area (Å²) < 4.78 is 5.17. The van der Waals surface area contributed by atoms with E-state index in [4.69, 9.17) is 4.74 Å². The molecule has 1 fully saturated rings.